The molecule has 2 unspecified atom stereocenters. The van der Waals surface area contributed by atoms with Crippen molar-refractivity contribution >= 4 is 5.82 Å². The third-order valence-electron chi connectivity index (χ3n) is 4.03. The van der Waals surface area contributed by atoms with Crippen molar-refractivity contribution in [2.45, 2.75) is 65.8 Å². The van der Waals surface area contributed by atoms with E-state index in [2.05, 4.69) is 50.9 Å². The average Bonchev–Trinajstić information content (AvgIpc) is 2.45. The van der Waals surface area contributed by atoms with E-state index in [1.54, 1.807) is 0 Å². The number of aryl methyl sites for hydroxylation is 1. The van der Waals surface area contributed by atoms with Crippen molar-refractivity contribution < 1.29 is 4.74 Å². The molecular formula is C17H29N3O. The maximum Gasteiger partial charge on any atom is 0.131 e. The highest BCUT2D eigenvalue weighted by Crippen LogP contribution is 2.25. The smallest absolute Gasteiger partial charge is 0.131 e. The van der Waals surface area contributed by atoms with E-state index in [9.17, 15) is 0 Å². The molecule has 4 nitrogen and oxygen atoms in total. The van der Waals surface area contributed by atoms with E-state index in [0.717, 1.165) is 31.9 Å². The van der Waals surface area contributed by atoms with E-state index in [1.165, 1.54) is 11.1 Å². The Morgan fingerprint density at radius 3 is 2.86 bits per heavy atom. The molecule has 2 heterocycles. The molecule has 0 aromatic carbocycles. The van der Waals surface area contributed by atoms with Gasteiger partial charge in [0.05, 0.1) is 18.8 Å². The molecule has 4 heteroatoms. The molecule has 2 atom stereocenters. The van der Waals surface area contributed by atoms with Gasteiger partial charge in [0.2, 0.25) is 0 Å². The number of hydrogen-bond donors (Lipinski definition) is 1. The predicted molar refractivity (Wildman–Crippen MR) is 87.8 cm³/mol. The van der Waals surface area contributed by atoms with Crippen LogP contribution in [0.3, 0.4) is 0 Å². The van der Waals surface area contributed by atoms with Gasteiger partial charge in [0.15, 0.2) is 0 Å². The number of nitrogens with one attached hydrogen (secondary N) is 1. The maximum atomic E-state index is 5.78. The third kappa shape index (κ3) is 4.17. The first-order chi connectivity index (χ1) is 10.0. The Bertz CT molecular complexity index is 461. The lowest BCUT2D eigenvalue weighted by Crippen LogP contribution is -2.49. The third-order valence-corrected chi connectivity index (χ3v) is 4.03. The minimum atomic E-state index is 0.274. The number of hydrogen-bond acceptors (Lipinski definition) is 4. The van der Waals surface area contributed by atoms with E-state index >= 15 is 0 Å². The molecule has 1 saturated heterocycles. The Morgan fingerprint density at radius 2 is 2.24 bits per heavy atom. The molecule has 1 aliphatic rings. The highest BCUT2D eigenvalue weighted by Gasteiger charge is 2.27. The minimum Gasteiger partial charge on any atom is -0.375 e. The van der Waals surface area contributed by atoms with Crippen molar-refractivity contribution in [1.29, 1.82) is 0 Å². The number of anilines is 1. The van der Waals surface area contributed by atoms with Gasteiger partial charge in [-0.05, 0) is 37.5 Å². The SMILES string of the molecule is CCC1COC(C)CN1c1ncc(CNC(C)C)cc1C. The summed E-state index contributed by atoms with van der Waals surface area (Å²) in [5.41, 5.74) is 2.50. The zero-order valence-electron chi connectivity index (χ0n) is 14.0. The van der Waals surface area contributed by atoms with Gasteiger partial charge in [0.25, 0.3) is 0 Å². The van der Waals surface area contributed by atoms with Gasteiger partial charge in [-0.25, -0.2) is 4.98 Å². The molecule has 118 valence electrons. The lowest BCUT2D eigenvalue weighted by Gasteiger charge is -2.39. The Hall–Kier alpha value is -1.13. The Kier molecular flexibility index (Phi) is 5.59. The van der Waals surface area contributed by atoms with Gasteiger partial charge in [0.1, 0.15) is 5.82 Å². The van der Waals surface area contributed by atoms with Crippen LogP contribution in [0.4, 0.5) is 5.82 Å². The fourth-order valence-corrected chi connectivity index (χ4v) is 2.79. The fraction of sp³-hybridized carbons (Fsp3) is 0.706. The van der Waals surface area contributed by atoms with E-state index in [4.69, 9.17) is 9.72 Å². The molecule has 21 heavy (non-hydrogen) atoms. The number of nitrogens with zero attached hydrogens (tertiary/aromatic N) is 2. The summed E-state index contributed by atoms with van der Waals surface area (Å²) < 4.78 is 5.78. The normalized spacial score (nSPS) is 22.9. The molecule has 0 spiro atoms. The van der Waals surface area contributed by atoms with Crippen molar-refractivity contribution in [3.63, 3.8) is 0 Å². The molecule has 1 fully saturated rings. The topological polar surface area (TPSA) is 37.4 Å². The number of morpholine rings is 1. The van der Waals surface area contributed by atoms with Crippen LogP contribution >= 0.6 is 0 Å². The van der Waals surface area contributed by atoms with Crippen LogP contribution in [-0.2, 0) is 11.3 Å². The van der Waals surface area contributed by atoms with Crippen molar-refractivity contribution in [3.8, 4) is 0 Å². The van der Waals surface area contributed by atoms with Crippen molar-refractivity contribution in [3.05, 3.63) is 23.4 Å². The summed E-state index contributed by atoms with van der Waals surface area (Å²) in [6.45, 7) is 13.4. The van der Waals surface area contributed by atoms with Crippen LogP contribution in [0.2, 0.25) is 0 Å². The molecule has 1 aromatic rings. The maximum absolute atomic E-state index is 5.78. The van der Waals surface area contributed by atoms with Gasteiger partial charge in [-0.15, -0.1) is 0 Å². The summed E-state index contributed by atoms with van der Waals surface area (Å²) in [7, 11) is 0. The number of ether oxygens (including phenoxy) is 1. The van der Waals surface area contributed by atoms with Crippen LogP contribution in [0.15, 0.2) is 12.3 Å². The first-order valence-electron chi connectivity index (χ1n) is 8.08. The van der Waals surface area contributed by atoms with E-state index in [-0.39, 0.29) is 6.10 Å². The average molecular weight is 291 g/mol. The van der Waals surface area contributed by atoms with Gasteiger partial charge >= 0.3 is 0 Å². The van der Waals surface area contributed by atoms with Crippen molar-refractivity contribution in [2.75, 3.05) is 18.1 Å². The molecular weight excluding hydrogens is 262 g/mol. The second-order valence-corrected chi connectivity index (χ2v) is 6.38. The van der Waals surface area contributed by atoms with Gasteiger partial charge < -0.3 is 15.0 Å². The number of rotatable bonds is 5. The van der Waals surface area contributed by atoms with Crippen LogP contribution in [-0.4, -0.2) is 36.3 Å². The standard InChI is InChI=1S/C17H29N3O/c1-6-16-11-21-14(5)10-20(16)17-13(4)7-15(9-19-17)8-18-12(2)3/h7,9,12,14,16,18H,6,8,10-11H2,1-5H3. The number of pyridine rings is 1. The highest BCUT2D eigenvalue weighted by atomic mass is 16.5. The van der Waals surface area contributed by atoms with Gasteiger partial charge in [0, 0.05) is 25.3 Å². The number of aromatic nitrogens is 1. The summed E-state index contributed by atoms with van der Waals surface area (Å²) in [4.78, 5) is 7.16. The second-order valence-electron chi connectivity index (χ2n) is 6.38. The quantitative estimate of drug-likeness (QED) is 0.905. The second kappa shape index (κ2) is 7.23. The lowest BCUT2D eigenvalue weighted by atomic mass is 10.1. The molecule has 2 rings (SSSR count). The first kappa shape index (κ1) is 16.2. The summed E-state index contributed by atoms with van der Waals surface area (Å²) >= 11 is 0. The van der Waals surface area contributed by atoms with Crippen molar-refractivity contribution in [2.24, 2.45) is 0 Å². The van der Waals surface area contributed by atoms with Crippen LogP contribution in [0.1, 0.15) is 45.2 Å². The summed E-state index contributed by atoms with van der Waals surface area (Å²) in [5, 5.41) is 3.44. The molecule has 0 saturated carbocycles. The largest absolute Gasteiger partial charge is 0.375 e. The van der Waals surface area contributed by atoms with Gasteiger partial charge in [-0.1, -0.05) is 20.8 Å². The molecule has 0 amide bonds. The molecule has 1 N–H and O–H groups in total. The van der Waals surface area contributed by atoms with Gasteiger partial charge in [-0.3, -0.25) is 0 Å². The summed E-state index contributed by atoms with van der Waals surface area (Å²) in [6, 6.07) is 3.19. The lowest BCUT2D eigenvalue weighted by molar-refractivity contribution is 0.0296. The predicted octanol–water partition coefficient (Wildman–Crippen LogP) is 2.89. The van der Waals surface area contributed by atoms with Gasteiger partial charge in [-0.2, -0.15) is 0 Å². The van der Waals surface area contributed by atoms with Crippen LogP contribution in [0.5, 0.6) is 0 Å². The monoisotopic (exact) mass is 291 g/mol. The van der Waals surface area contributed by atoms with E-state index < -0.39 is 0 Å². The Labute approximate surface area is 128 Å². The zero-order chi connectivity index (χ0) is 15.4. The Balaban J connectivity index is 2.15. The molecule has 1 aliphatic heterocycles. The van der Waals surface area contributed by atoms with Crippen LogP contribution in [0, 0.1) is 6.92 Å². The molecule has 0 bridgehead atoms. The van der Waals surface area contributed by atoms with Crippen LogP contribution in [0.25, 0.3) is 0 Å². The minimum absolute atomic E-state index is 0.274. The molecule has 0 aliphatic carbocycles. The fourth-order valence-electron chi connectivity index (χ4n) is 2.79. The molecule has 0 radical (unpaired) electrons. The van der Waals surface area contributed by atoms with Crippen molar-refractivity contribution in [1.82, 2.24) is 10.3 Å². The molecule has 1 aromatic heterocycles. The van der Waals surface area contributed by atoms with Crippen LogP contribution < -0.4 is 10.2 Å². The highest BCUT2D eigenvalue weighted by molar-refractivity contribution is 5.49. The summed E-state index contributed by atoms with van der Waals surface area (Å²) in [5.74, 6) is 1.12. The van der Waals surface area contributed by atoms with E-state index in [1.807, 2.05) is 6.20 Å². The first-order valence-corrected chi connectivity index (χ1v) is 8.08. The Morgan fingerprint density at radius 1 is 1.48 bits per heavy atom. The zero-order valence-corrected chi connectivity index (χ0v) is 14.0. The summed E-state index contributed by atoms with van der Waals surface area (Å²) in [6.07, 6.45) is 3.37. The van der Waals surface area contributed by atoms with E-state index in [0.29, 0.717) is 12.1 Å².